The highest BCUT2D eigenvalue weighted by atomic mass is 16.5. The molecule has 0 amide bonds. The van der Waals surface area contributed by atoms with Gasteiger partial charge in [0.15, 0.2) is 0 Å². The summed E-state index contributed by atoms with van der Waals surface area (Å²) < 4.78 is 5.89. The second-order valence-corrected chi connectivity index (χ2v) is 5.05. The Morgan fingerprint density at radius 3 is 2.62 bits per heavy atom. The van der Waals surface area contributed by atoms with Crippen molar-refractivity contribution >= 4 is 0 Å². The molecule has 0 aromatic heterocycles. The van der Waals surface area contributed by atoms with E-state index in [1.54, 1.807) is 5.57 Å². The largest absolute Gasteiger partial charge is 0.374 e. The molecule has 0 aliphatic heterocycles. The maximum atomic E-state index is 5.89. The highest BCUT2D eigenvalue weighted by Crippen LogP contribution is 2.28. The maximum absolute atomic E-state index is 5.89. The highest BCUT2D eigenvalue weighted by molar-refractivity contribution is 5.18. The van der Waals surface area contributed by atoms with E-state index in [4.69, 9.17) is 4.74 Å². The fourth-order valence-electron chi connectivity index (χ4n) is 2.61. The SMILES string of the molecule is CCNC(C1=CCCCC1)C(C)(C)OCC. The second kappa shape index (κ2) is 6.41. The van der Waals surface area contributed by atoms with E-state index in [1.807, 2.05) is 0 Å². The minimum absolute atomic E-state index is 0.103. The molecule has 0 aromatic carbocycles. The monoisotopic (exact) mass is 225 g/mol. The molecule has 0 saturated heterocycles. The summed E-state index contributed by atoms with van der Waals surface area (Å²) in [5.41, 5.74) is 1.44. The van der Waals surface area contributed by atoms with Gasteiger partial charge in [-0.25, -0.2) is 0 Å². The maximum Gasteiger partial charge on any atom is 0.0816 e. The number of likely N-dealkylation sites (N-methyl/N-ethyl adjacent to an activating group) is 1. The van der Waals surface area contributed by atoms with Gasteiger partial charge in [0.2, 0.25) is 0 Å². The van der Waals surface area contributed by atoms with E-state index in [2.05, 4.69) is 39.1 Å². The zero-order chi connectivity index (χ0) is 12.0. The van der Waals surface area contributed by atoms with Crippen LogP contribution in [0, 0.1) is 0 Å². The molecular formula is C14H27NO. The zero-order valence-corrected chi connectivity index (χ0v) is 11.3. The number of rotatable bonds is 6. The third-order valence-corrected chi connectivity index (χ3v) is 3.32. The van der Waals surface area contributed by atoms with Crippen molar-refractivity contribution in [1.82, 2.24) is 5.32 Å². The predicted octanol–water partition coefficient (Wildman–Crippen LogP) is 3.28. The lowest BCUT2D eigenvalue weighted by Crippen LogP contribution is -2.50. The molecule has 1 unspecified atom stereocenters. The summed E-state index contributed by atoms with van der Waals surface area (Å²) in [6.45, 7) is 10.4. The molecule has 2 heteroatoms. The van der Waals surface area contributed by atoms with Gasteiger partial charge in [-0.05, 0) is 53.0 Å². The Morgan fingerprint density at radius 2 is 2.12 bits per heavy atom. The first-order valence-electron chi connectivity index (χ1n) is 6.68. The molecule has 0 spiro atoms. The van der Waals surface area contributed by atoms with E-state index in [1.165, 1.54) is 25.7 Å². The molecule has 16 heavy (non-hydrogen) atoms. The molecule has 0 aromatic rings. The minimum atomic E-state index is -0.103. The Morgan fingerprint density at radius 1 is 1.38 bits per heavy atom. The van der Waals surface area contributed by atoms with Crippen LogP contribution < -0.4 is 5.32 Å². The Balaban J connectivity index is 2.76. The van der Waals surface area contributed by atoms with Crippen LogP contribution in [0.15, 0.2) is 11.6 Å². The van der Waals surface area contributed by atoms with Crippen molar-refractivity contribution in [2.45, 2.75) is 65.0 Å². The van der Waals surface area contributed by atoms with Crippen LogP contribution in [0.3, 0.4) is 0 Å². The molecule has 1 N–H and O–H groups in total. The van der Waals surface area contributed by atoms with Gasteiger partial charge in [0.05, 0.1) is 11.6 Å². The number of hydrogen-bond acceptors (Lipinski definition) is 2. The summed E-state index contributed by atoms with van der Waals surface area (Å²) in [4.78, 5) is 0. The van der Waals surface area contributed by atoms with Crippen LogP contribution in [0.4, 0.5) is 0 Å². The Hall–Kier alpha value is -0.340. The second-order valence-electron chi connectivity index (χ2n) is 5.05. The number of nitrogens with one attached hydrogen (secondary N) is 1. The third kappa shape index (κ3) is 3.60. The first-order chi connectivity index (χ1) is 7.61. The summed E-state index contributed by atoms with van der Waals surface area (Å²) in [6, 6.07) is 0.373. The molecule has 2 nitrogen and oxygen atoms in total. The number of hydrogen-bond donors (Lipinski definition) is 1. The van der Waals surface area contributed by atoms with E-state index < -0.39 is 0 Å². The summed E-state index contributed by atoms with van der Waals surface area (Å²) in [6.07, 6.45) is 7.55. The van der Waals surface area contributed by atoms with Crippen molar-refractivity contribution in [1.29, 1.82) is 0 Å². The molecule has 1 atom stereocenters. The van der Waals surface area contributed by atoms with Crippen LogP contribution in [0.25, 0.3) is 0 Å². The third-order valence-electron chi connectivity index (χ3n) is 3.32. The summed E-state index contributed by atoms with van der Waals surface area (Å²) >= 11 is 0. The zero-order valence-electron chi connectivity index (χ0n) is 11.3. The highest BCUT2D eigenvalue weighted by Gasteiger charge is 2.32. The van der Waals surface area contributed by atoms with Crippen molar-refractivity contribution in [3.8, 4) is 0 Å². The van der Waals surface area contributed by atoms with Crippen molar-refractivity contribution < 1.29 is 4.74 Å². The van der Waals surface area contributed by atoms with Gasteiger partial charge in [-0.15, -0.1) is 0 Å². The van der Waals surface area contributed by atoms with Crippen LogP contribution in [0.2, 0.25) is 0 Å². The van der Waals surface area contributed by atoms with Crippen molar-refractivity contribution in [2.75, 3.05) is 13.2 Å². The summed E-state index contributed by atoms with van der Waals surface area (Å²) in [5.74, 6) is 0. The van der Waals surface area contributed by atoms with Crippen molar-refractivity contribution in [2.24, 2.45) is 0 Å². The van der Waals surface area contributed by atoms with E-state index in [9.17, 15) is 0 Å². The molecule has 0 bridgehead atoms. The lowest BCUT2D eigenvalue weighted by atomic mass is 9.85. The van der Waals surface area contributed by atoms with Crippen molar-refractivity contribution in [3.05, 3.63) is 11.6 Å². The molecular weight excluding hydrogens is 198 g/mol. The van der Waals surface area contributed by atoms with Gasteiger partial charge in [-0.3, -0.25) is 0 Å². The van der Waals surface area contributed by atoms with E-state index in [0.29, 0.717) is 6.04 Å². The smallest absolute Gasteiger partial charge is 0.0816 e. The van der Waals surface area contributed by atoms with Crippen molar-refractivity contribution in [3.63, 3.8) is 0 Å². The van der Waals surface area contributed by atoms with Gasteiger partial charge >= 0.3 is 0 Å². The summed E-state index contributed by atoms with van der Waals surface area (Å²) in [7, 11) is 0. The van der Waals surface area contributed by atoms with Crippen LogP contribution in [0.1, 0.15) is 53.4 Å². The van der Waals surface area contributed by atoms with Crippen LogP contribution in [-0.2, 0) is 4.74 Å². The Kier molecular flexibility index (Phi) is 5.50. The first-order valence-corrected chi connectivity index (χ1v) is 6.68. The van der Waals surface area contributed by atoms with Gasteiger partial charge in [0, 0.05) is 6.61 Å². The molecule has 0 heterocycles. The lowest BCUT2D eigenvalue weighted by Gasteiger charge is -2.37. The van der Waals surface area contributed by atoms with Gasteiger partial charge in [0.1, 0.15) is 0 Å². The van der Waals surface area contributed by atoms with Gasteiger partial charge in [-0.2, -0.15) is 0 Å². The number of allylic oxidation sites excluding steroid dienone is 1. The summed E-state index contributed by atoms with van der Waals surface area (Å²) in [5, 5.41) is 3.58. The topological polar surface area (TPSA) is 21.3 Å². The van der Waals surface area contributed by atoms with E-state index in [-0.39, 0.29) is 5.60 Å². The molecule has 0 radical (unpaired) electrons. The fraction of sp³-hybridized carbons (Fsp3) is 0.857. The average molecular weight is 225 g/mol. The minimum Gasteiger partial charge on any atom is -0.374 e. The average Bonchev–Trinajstić information content (AvgIpc) is 2.27. The Bertz CT molecular complexity index is 233. The molecule has 1 rings (SSSR count). The molecule has 1 aliphatic rings. The standard InChI is InChI=1S/C14H27NO/c1-5-15-13(14(3,4)16-6-2)12-10-8-7-9-11-12/h10,13,15H,5-9,11H2,1-4H3. The normalized spacial score (nSPS) is 19.4. The lowest BCUT2D eigenvalue weighted by molar-refractivity contribution is -0.0299. The molecule has 0 saturated carbocycles. The number of ether oxygens (including phenoxy) is 1. The van der Waals surface area contributed by atoms with Crippen LogP contribution in [-0.4, -0.2) is 24.8 Å². The Labute approximate surface area is 100 Å². The van der Waals surface area contributed by atoms with Gasteiger partial charge in [-0.1, -0.05) is 18.6 Å². The van der Waals surface area contributed by atoms with Crippen LogP contribution in [0.5, 0.6) is 0 Å². The van der Waals surface area contributed by atoms with Gasteiger partial charge in [0.25, 0.3) is 0 Å². The molecule has 94 valence electrons. The quantitative estimate of drug-likeness (QED) is 0.700. The van der Waals surface area contributed by atoms with Crippen LogP contribution >= 0.6 is 0 Å². The van der Waals surface area contributed by atoms with E-state index in [0.717, 1.165) is 13.2 Å². The predicted molar refractivity (Wildman–Crippen MR) is 69.7 cm³/mol. The molecule has 0 fully saturated rings. The van der Waals surface area contributed by atoms with Gasteiger partial charge < -0.3 is 10.1 Å². The fourth-order valence-corrected chi connectivity index (χ4v) is 2.61. The molecule has 1 aliphatic carbocycles. The van der Waals surface area contributed by atoms with E-state index >= 15 is 0 Å². The first kappa shape index (κ1) is 13.7.